The number of ether oxygens (including phenoxy) is 2. The Hall–Kier alpha value is -3.38. The highest BCUT2D eigenvalue weighted by Gasteiger charge is 2.48. The first-order valence-corrected chi connectivity index (χ1v) is 15.8. The molecule has 0 saturated carbocycles. The van der Waals surface area contributed by atoms with E-state index < -0.39 is 5.92 Å². The van der Waals surface area contributed by atoms with E-state index in [1.54, 1.807) is 7.11 Å². The zero-order chi connectivity index (χ0) is 30.8. The van der Waals surface area contributed by atoms with Gasteiger partial charge in [0.1, 0.15) is 6.61 Å². The number of hydrogen-bond acceptors (Lipinski definition) is 5. The number of benzene rings is 3. The highest BCUT2D eigenvalue weighted by molar-refractivity contribution is 9.10. The predicted octanol–water partition coefficient (Wildman–Crippen LogP) is 8.81. The van der Waals surface area contributed by atoms with Crippen LogP contribution in [-0.4, -0.2) is 30.6 Å². The van der Waals surface area contributed by atoms with E-state index in [-0.39, 0.29) is 22.4 Å². The molecule has 1 heterocycles. The van der Waals surface area contributed by atoms with E-state index >= 15 is 0 Å². The van der Waals surface area contributed by atoms with Crippen LogP contribution in [-0.2, 0) is 16.2 Å². The van der Waals surface area contributed by atoms with E-state index in [1.165, 1.54) is 5.39 Å². The molecule has 0 radical (unpaired) electrons. The molecule has 5 nitrogen and oxygen atoms in total. The van der Waals surface area contributed by atoms with Crippen LogP contribution < -0.4 is 9.47 Å². The van der Waals surface area contributed by atoms with Crippen LogP contribution in [0.3, 0.4) is 0 Å². The van der Waals surface area contributed by atoms with Gasteiger partial charge in [-0.25, -0.2) is 0 Å². The summed E-state index contributed by atoms with van der Waals surface area (Å²) < 4.78 is 13.1. The number of methoxy groups -OCH3 is 1. The largest absolute Gasteiger partial charge is 0.493 e. The van der Waals surface area contributed by atoms with E-state index in [9.17, 15) is 9.59 Å². The second-order valence-electron chi connectivity index (χ2n) is 14.0. The molecule has 2 aliphatic carbocycles. The zero-order valence-corrected chi connectivity index (χ0v) is 27.8. The normalized spacial score (nSPS) is 20.0. The highest BCUT2D eigenvalue weighted by Crippen LogP contribution is 2.55. The minimum absolute atomic E-state index is 0.120. The zero-order valence-electron chi connectivity index (χ0n) is 26.2. The molecule has 0 saturated heterocycles. The Balaban J connectivity index is 1.45. The minimum Gasteiger partial charge on any atom is -0.493 e. The van der Waals surface area contributed by atoms with Gasteiger partial charge in [0.15, 0.2) is 23.1 Å². The van der Waals surface area contributed by atoms with Crippen LogP contribution in [0.5, 0.6) is 11.5 Å². The van der Waals surface area contributed by atoms with E-state index in [1.807, 2.05) is 31.3 Å². The van der Waals surface area contributed by atoms with E-state index in [0.717, 1.165) is 61.9 Å². The fraction of sp³-hybridized carbons (Fsp3) is 0.405. The van der Waals surface area contributed by atoms with Gasteiger partial charge in [-0.05, 0) is 80.6 Å². The molecule has 3 aliphatic rings. The van der Waals surface area contributed by atoms with Crippen molar-refractivity contribution >= 4 is 38.3 Å². The molecule has 224 valence electrons. The van der Waals surface area contributed by atoms with Gasteiger partial charge in [0.25, 0.3) is 0 Å². The van der Waals surface area contributed by atoms with Crippen LogP contribution >= 0.6 is 15.9 Å². The molecule has 3 aromatic carbocycles. The van der Waals surface area contributed by atoms with Crippen molar-refractivity contribution in [2.75, 3.05) is 14.2 Å². The number of halogens is 1. The van der Waals surface area contributed by atoms with E-state index in [2.05, 4.69) is 79.7 Å². The molecule has 6 heteroatoms. The Morgan fingerprint density at radius 1 is 0.884 bits per heavy atom. The summed E-state index contributed by atoms with van der Waals surface area (Å²) in [5.74, 6) is 0.969. The van der Waals surface area contributed by atoms with Gasteiger partial charge in [-0.2, -0.15) is 0 Å². The quantitative estimate of drug-likeness (QED) is 0.279. The van der Waals surface area contributed by atoms with Crippen LogP contribution in [0.15, 0.2) is 75.5 Å². The Morgan fingerprint density at radius 2 is 1.49 bits per heavy atom. The number of rotatable bonds is 5. The molecule has 0 amide bonds. The van der Waals surface area contributed by atoms with Gasteiger partial charge in [-0.15, -0.1) is 0 Å². The average Bonchev–Trinajstić information content (AvgIpc) is 2.93. The van der Waals surface area contributed by atoms with Crippen molar-refractivity contribution in [3.05, 3.63) is 92.2 Å². The molecule has 1 aliphatic heterocycles. The van der Waals surface area contributed by atoms with Crippen molar-refractivity contribution in [1.82, 2.24) is 4.90 Å². The van der Waals surface area contributed by atoms with Crippen molar-refractivity contribution < 1.29 is 19.1 Å². The maximum Gasteiger partial charge on any atom is 0.175 e. The monoisotopic (exact) mass is 641 g/mol. The number of Topliss-reactive ketones (excluding diaryl/α,β-unsaturated/α-hetero) is 2. The number of carbonyl (C=O) groups excluding carboxylic acids is 2. The van der Waals surface area contributed by atoms with Crippen molar-refractivity contribution in [2.45, 2.75) is 72.8 Å². The lowest BCUT2D eigenvalue weighted by Crippen LogP contribution is -2.43. The average molecular weight is 643 g/mol. The van der Waals surface area contributed by atoms with Crippen LogP contribution in [0, 0.1) is 17.8 Å². The number of aryl methyl sites for hydroxylation is 1. The number of hydrogen-bond donors (Lipinski definition) is 0. The molecule has 0 unspecified atom stereocenters. The fourth-order valence-electron chi connectivity index (χ4n) is 7.33. The first kappa shape index (κ1) is 29.7. The Labute approximate surface area is 263 Å². The first-order valence-electron chi connectivity index (χ1n) is 15.0. The molecule has 3 aromatic rings. The maximum absolute atomic E-state index is 13.9. The number of nitrogens with zero attached hydrogens (tertiary/aromatic N) is 1. The maximum atomic E-state index is 13.9. The van der Waals surface area contributed by atoms with Crippen molar-refractivity contribution in [3.8, 4) is 11.5 Å². The minimum atomic E-state index is -0.437. The molecule has 0 aromatic heterocycles. The van der Waals surface area contributed by atoms with Crippen LogP contribution in [0.25, 0.3) is 10.8 Å². The second-order valence-corrected chi connectivity index (χ2v) is 14.9. The molecule has 0 bridgehead atoms. The lowest BCUT2D eigenvalue weighted by atomic mass is 9.64. The SMILES string of the molecule is COc1cc(C2C3=C(CC(C)(C)CC3=O)N(C)C3=C2C(=O)CC(C)(C)C3)cc(Br)c1OCc1c(C)ccc2ccccc12. The van der Waals surface area contributed by atoms with Gasteiger partial charge in [-0.3, -0.25) is 9.59 Å². The summed E-state index contributed by atoms with van der Waals surface area (Å²) in [6, 6.07) is 16.6. The summed E-state index contributed by atoms with van der Waals surface area (Å²) in [5.41, 5.74) is 6.45. The lowest BCUT2D eigenvalue weighted by molar-refractivity contribution is -0.119. The topological polar surface area (TPSA) is 55.8 Å². The molecule has 6 rings (SSSR count). The van der Waals surface area contributed by atoms with Gasteiger partial charge < -0.3 is 14.4 Å². The summed E-state index contributed by atoms with van der Waals surface area (Å²) >= 11 is 3.78. The standard InChI is InChI=1S/C37H40BrNO4/c1-21-12-13-22-10-8-9-11-24(22)25(21)20-43-35-26(38)14-23(15-31(35)42-7)32-33-27(16-36(2,3)18-29(33)40)39(6)28-17-37(4,5)19-30(41)34(28)32/h8-15,32H,16-20H2,1-7H3. The Kier molecular flexibility index (Phi) is 7.36. The summed E-state index contributed by atoms with van der Waals surface area (Å²) in [7, 11) is 3.67. The van der Waals surface area contributed by atoms with Crippen molar-refractivity contribution in [1.29, 1.82) is 0 Å². The van der Waals surface area contributed by atoms with Gasteiger partial charge in [0.05, 0.1) is 11.6 Å². The first-order chi connectivity index (χ1) is 20.3. The third-order valence-corrected chi connectivity index (χ3v) is 9.99. The van der Waals surface area contributed by atoms with Gasteiger partial charge in [-0.1, -0.05) is 64.1 Å². The van der Waals surface area contributed by atoms with Gasteiger partial charge in [0, 0.05) is 53.9 Å². The molecule has 0 fully saturated rings. The Bertz CT molecular complexity index is 1690. The molecule has 0 spiro atoms. The van der Waals surface area contributed by atoms with Crippen molar-refractivity contribution in [2.24, 2.45) is 10.8 Å². The molecule has 0 N–H and O–H groups in total. The van der Waals surface area contributed by atoms with Gasteiger partial charge in [0.2, 0.25) is 0 Å². The summed E-state index contributed by atoms with van der Waals surface area (Å²) in [4.78, 5) is 30.0. The van der Waals surface area contributed by atoms with Crippen molar-refractivity contribution in [3.63, 3.8) is 0 Å². The van der Waals surface area contributed by atoms with E-state index in [0.29, 0.717) is 30.9 Å². The molecular formula is C37H40BrNO4. The van der Waals surface area contributed by atoms with Crippen LogP contribution in [0.4, 0.5) is 0 Å². The third kappa shape index (κ3) is 5.22. The second kappa shape index (κ2) is 10.7. The number of ketones is 2. The predicted molar refractivity (Wildman–Crippen MR) is 174 cm³/mol. The third-order valence-electron chi connectivity index (χ3n) is 9.40. The fourth-order valence-corrected chi connectivity index (χ4v) is 7.90. The number of fused-ring (bicyclic) bond motifs is 1. The van der Waals surface area contributed by atoms with Crippen LogP contribution in [0.1, 0.15) is 76.0 Å². The summed E-state index contributed by atoms with van der Waals surface area (Å²) in [6.45, 7) is 11.1. The number of allylic oxidation sites excluding steroid dienone is 4. The highest BCUT2D eigenvalue weighted by atomic mass is 79.9. The smallest absolute Gasteiger partial charge is 0.175 e. The summed E-state index contributed by atoms with van der Waals surface area (Å²) in [5, 5.41) is 2.33. The lowest BCUT2D eigenvalue weighted by Gasteiger charge is -2.48. The molecule has 0 atom stereocenters. The molecule has 43 heavy (non-hydrogen) atoms. The van der Waals surface area contributed by atoms with Gasteiger partial charge >= 0.3 is 0 Å². The molecular weight excluding hydrogens is 602 g/mol. The Morgan fingerprint density at radius 3 is 2.09 bits per heavy atom. The summed E-state index contributed by atoms with van der Waals surface area (Å²) in [6.07, 6.45) is 2.50. The van der Waals surface area contributed by atoms with E-state index in [4.69, 9.17) is 9.47 Å². The number of carbonyl (C=O) groups is 2. The van der Waals surface area contributed by atoms with Crippen LogP contribution in [0.2, 0.25) is 0 Å².